The van der Waals surface area contributed by atoms with Crippen LogP contribution in [0.15, 0.2) is 66.7 Å². The molecule has 148 valence electrons. The molecule has 3 aromatic carbocycles. The van der Waals surface area contributed by atoms with Gasteiger partial charge in [0.15, 0.2) is 5.54 Å². The fourth-order valence-corrected chi connectivity index (χ4v) is 5.46. The van der Waals surface area contributed by atoms with Gasteiger partial charge >= 0.3 is 0 Å². The van der Waals surface area contributed by atoms with Crippen LogP contribution in [0.25, 0.3) is 10.9 Å². The molecule has 0 radical (unpaired) electrons. The Morgan fingerprint density at radius 2 is 1.80 bits per heavy atom. The van der Waals surface area contributed by atoms with Gasteiger partial charge in [0.05, 0.1) is 5.69 Å². The number of hydrogen-bond donors (Lipinski definition) is 3. The van der Waals surface area contributed by atoms with Gasteiger partial charge in [-0.15, -0.1) is 0 Å². The van der Waals surface area contributed by atoms with Crippen LogP contribution in [0.4, 0.5) is 5.69 Å². The van der Waals surface area contributed by atoms with Gasteiger partial charge in [-0.3, -0.25) is 10.1 Å². The Morgan fingerprint density at radius 1 is 1.00 bits per heavy atom. The second-order valence-corrected chi connectivity index (χ2v) is 8.52. The van der Waals surface area contributed by atoms with E-state index in [1.807, 2.05) is 55.5 Å². The first kappa shape index (κ1) is 17.8. The molecule has 2 aliphatic heterocycles. The molecule has 0 fully saturated rings. The molecule has 4 nitrogen and oxygen atoms in total. The highest BCUT2D eigenvalue weighted by Crippen LogP contribution is 2.50. The zero-order valence-corrected chi connectivity index (χ0v) is 17.2. The summed E-state index contributed by atoms with van der Waals surface area (Å²) < 4.78 is 0. The first-order valence-corrected chi connectivity index (χ1v) is 10.5. The van der Waals surface area contributed by atoms with Gasteiger partial charge in [-0.05, 0) is 35.7 Å². The van der Waals surface area contributed by atoms with Gasteiger partial charge < -0.3 is 10.3 Å². The summed E-state index contributed by atoms with van der Waals surface area (Å²) in [6, 6.07) is 22.3. The molecule has 1 amide bonds. The predicted molar refractivity (Wildman–Crippen MR) is 120 cm³/mol. The van der Waals surface area contributed by atoms with Crippen molar-refractivity contribution in [3.63, 3.8) is 0 Å². The summed E-state index contributed by atoms with van der Waals surface area (Å²) in [4.78, 5) is 17.1. The molecule has 0 bridgehead atoms. The zero-order valence-electron chi connectivity index (χ0n) is 16.4. The third-order valence-electron chi connectivity index (χ3n) is 6.58. The summed E-state index contributed by atoms with van der Waals surface area (Å²) in [5, 5.41) is 8.62. The lowest BCUT2D eigenvalue weighted by Crippen LogP contribution is -2.54. The number of aromatic amines is 1. The number of fused-ring (bicyclic) bond motifs is 6. The molecule has 2 aliphatic rings. The fourth-order valence-electron chi connectivity index (χ4n) is 5.19. The number of carbonyl (C=O) groups is 1. The Labute approximate surface area is 179 Å². The minimum Gasteiger partial charge on any atom is -0.356 e. The third kappa shape index (κ3) is 2.18. The number of nitrogens with one attached hydrogen (secondary N) is 3. The van der Waals surface area contributed by atoms with Crippen LogP contribution in [0, 0.1) is 6.92 Å². The standard InChI is InChI=1S/C25H20ClN3O/c1-14-7-6-10-18-22(14)29-24(30)25(18)23-21(16-9-3-5-12-20(16)28-23)17(13-27-25)15-8-2-4-11-19(15)26/h2-12,17,27-28H,13H2,1H3,(H,29,30)/t17-,25-/m1/s1. The van der Waals surface area contributed by atoms with Crippen LogP contribution in [0.3, 0.4) is 0 Å². The Hall–Kier alpha value is -3.08. The van der Waals surface area contributed by atoms with Crippen LogP contribution in [0.5, 0.6) is 0 Å². The van der Waals surface area contributed by atoms with E-state index in [0.29, 0.717) is 6.54 Å². The van der Waals surface area contributed by atoms with Crippen LogP contribution >= 0.6 is 11.6 Å². The summed E-state index contributed by atoms with van der Waals surface area (Å²) in [5.41, 5.74) is 6.13. The monoisotopic (exact) mass is 413 g/mol. The van der Waals surface area contributed by atoms with Gasteiger partial charge in [-0.1, -0.05) is 66.2 Å². The van der Waals surface area contributed by atoms with E-state index in [1.54, 1.807) is 0 Å². The normalized spacial score (nSPS) is 22.2. The topological polar surface area (TPSA) is 56.9 Å². The molecule has 1 aromatic heterocycles. The second-order valence-electron chi connectivity index (χ2n) is 8.12. The van der Waals surface area contributed by atoms with E-state index in [1.165, 1.54) is 0 Å². The van der Waals surface area contributed by atoms with Crippen LogP contribution in [0.2, 0.25) is 5.02 Å². The van der Waals surface area contributed by atoms with E-state index >= 15 is 0 Å². The van der Waals surface area contributed by atoms with Gasteiger partial charge in [0, 0.05) is 39.6 Å². The number of hydrogen-bond acceptors (Lipinski definition) is 2. The molecule has 0 unspecified atom stereocenters. The number of amides is 1. The van der Waals surface area contributed by atoms with Crippen molar-refractivity contribution in [2.24, 2.45) is 0 Å². The number of para-hydroxylation sites is 2. The maximum absolute atomic E-state index is 13.5. The van der Waals surface area contributed by atoms with E-state index < -0.39 is 5.54 Å². The van der Waals surface area contributed by atoms with Crippen LogP contribution in [-0.4, -0.2) is 17.4 Å². The van der Waals surface area contributed by atoms with Crippen molar-refractivity contribution in [3.05, 3.63) is 99.7 Å². The minimum absolute atomic E-state index is 0.0390. The van der Waals surface area contributed by atoms with Crippen molar-refractivity contribution < 1.29 is 4.79 Å². The molecule has 2 atom stereocenters. The lowest BCUT2D eigenvalue weighted by molar-refractivity contribution is -0.120. The first-order chi connectivity index (χ1) is 14.6. The third-order valence-corrected chi connectivity index (χ3v) is 6.92. The molecular weight excluding hydrogens is 394 g/mol. The number of aromatic nitrogens is 1. The molecule has 30 heavy (non-hydrogen) atoms. The van der Waals surface area contributed by atoms with Crippen molar-refractivity contribution >= 4 is 34.1 Å². The number of benzene rings is 3. The molecule has 6 rings (SSSR count). The van der Waals surface area contributed by atoms with Crippen molar-refractivity contribution in [1.29, 1.82) is 0 Å². The maximum Gasteiger partial charge on any atom is 0.255 e. The van der Waals surface area contributed by atoms with Gasteiger partial charge in [-0.25, -0.2) is 0 Å². The van der Waals surface area contributed by atoms with Crippen molar-refractivity contribution in [2.75, 3.05) is 11.9 Å². The number of carbonyl (C=O) groups excluding carboxylic acids is 1. The number of rotatable bonds is 1. The Kier molecular flexibility index (Phi) is 3.67. The largest absolute Gasteiger partial charge is 0.356 e. The minimum atomic E-state index is -0.937. The molecule has 0 saturated heterocycles. The fraction of sp³-hybridized carbons (Fsp3) is 0.160. The molecule has 0 aliphatic carbocycles. The van der Waals surface area contributed by atoms with Crippen molar-refractivity contribution in [3.8, 4) is 0 Å². The van der Waals surface area contributed by atoms with Crippen LogP contribution in [-0.2, 0) is 10.3 Å². The Bertz CT molecular complexity index is 1340. The Balaban J connectivity index is 1.68. The smallest absolute Gasteiger partial charge is 0.255 e. The van der Waals surface area contributed by atoms with Gasteiger partial charge in [0.2, 0.25) is 0 Å². The number of halogens is 1. The highest BCUT2D eigenvalue weighted by Gasteiger charge is 2.54. The number of aryl methyl sites for hydroxylation is 1. The van der Waals surface area contributed by atoms with Gasteiger partial charge in [-0.2, -0.15) is 0 Å². The highest BCUT2D eigenvalue weighted by molar-refractivity contribution is 6.31. The molecule has 5 heteroatoms. The van der Waals surface area contributed by atoms with E-state index in [9.17, 15) is 4.79 Å². The van der Waals surface area contributed by atoms with Gasteiger partial charge in [0.1, 0.15) is 0 Å². The molecule has 0 saturated carbocycles. The first-order valence-electron chi connectivity index (χ1n) is 10.1. The molecule has 3 N–H and O–H groups in total. The van der Waals surface area contributed by atoms with Gasteiger partial charge in [0.25, 0.3) is 5.91 Å². The lowest BCUT2D eigenvalue weighted by atomic mass is 9.76. The number of anilines is 1. The molecule has 1 spiro atoms. The summed E-state index contributed by atoms with van der Waals surface area (Å²) in [7, 11) is 0. The summed E-state index contributed by atoms with van der Waals surface area (Å²) >= 11 is 6.61. The molecule has 3 heterocycles. The average molecular weight is 414 g/mol. The summed E-state index contributed by atoms with van der Waals surface area (Å²) in [6.45, 7) is 2.64. The SMILES string of the molecule is Cc1cccc2c1NC(=O)[C@@]21NC[C@H](c2ccccc2Cl)c2c1[nH]c1ccccc21. The van der Waals surface area contributed by atoms with Crippen LogP contribution < -0.4 is 10.6 Å². The summed E-state index contributed by atoms with van der Waals surface area (Å²) in [6.07, 6.45) is 0. The van der Waals surface area contributed by atoms with E-state index in [-0.39, 0.29) is 11.8 Å². The van der Waals surface area contributed by atoms with E-state index in [4.69, 9.17) is 11.6 Å². The molecule has 4 aromatic rings. The number of H-pyrrole nitrogens is 1. The Morgan fingerprint density at radius 3 is 2.67 bits per heavy atom. The quantitative estimate of drug-likeness (QED) is 0.408. The maximum atomic E-state index is 13.5. The van der Waals surface area contributed by atoms with E-state index in [2.05, 4.69) is 33.8 Å². The summed E-state index contributed by atoms with van der Waals surface area (Å²) in [5.74, 6) is -0.00523. The lowest BCUT2D eigenvalue weighted by Gasteiger charge is -2.37. The zero-order chi connectivity index (χ0) is 20.5. The molecular formula is C25H20ClN3O. The van der Waals surface area contributed by atoms with E-state index in [0.717, 1.165) is 49.6 Å². The average Bonchev–Trinajstić information content (AvgIpc) is 3.28. The predicted octanol–water partition coefficient (Wildman–Crippen LogP) is 5.06. The van der Waals surface area contributed by atoms with Crippen molar-refractivity contribution in [2.45, 2.75) is 18.4 Å². The highest BCUT2D eigenvalue weighted by atomic mass is 35.5. The van der Waals surface area contributed by atoms with Crippen molar-refractivity contribution in [1.82, 2.24) is 10.3 Å². The van der Waals surface area contributed by atoms with Crippen LogP contribution in [0.1, 0.15) is 33.9 Å². The second kappa shape index (κ2) is 6.21.